The number of ether oxygens (including phenoxy) is 5. The molecular formula is C23H32O12. The first-order valence-corrected chi connectivity index (χ1v) is 11.3. The Morgan fingerprint density at radius 1 is 0.886 bits per heavy atom. The van der Waals surface area contributed by atoms with Crippen LogP contribution >= 0.6 is 0 Å². The molecule has 3 saturated heterocycles. The van der Waals surface area contributed by atoms with Crippen molar-refractivity contribution in [1.82, 2.24) is 0 Å². The quantitative estimate of drug-likeness (QED) is 0.181. The Hall–Kier alpha value is -1.62. The minimum atomic E-state index is -1.77. The van der Waals surface area contributed by atoms with E-state index in [1.807, 2.05) is 0 Å². The zero-order valence-corrected chi connectivity index (χ0v) is 19.1. The number of aliphatic hydroxyl groups excluding tert-OH is 7. The maximum absolute atomic E-state index is 10.7. The van der Waals surface area contributed by atoms with Gasteiger partial charge in [0, 0.05) is 6.42 Å². The van der Waals surface area contributed by atoms with Gasteiger partial charge in [0.1, 0.15) is 48.8 Å². The Kier molecular flexibility index (Phi) is 10.0. The molecule has 0 saturated carbocycles. The van der Waals surface area contributed by atoms with Gasteiger partial charge in [0.15, 0.2) is 12.6 Å². The molecule has 0 aromatic heterocycles. The Labute approximate surface area is 202 Å². The molecule has 35 heavy (non-hydrogen) atoms. The molecule has 3 heterocycles. The third-order valence-electron chi connectivity index (χ3n) is 5.89. The summed E-state index contributed by atoms with van der Waals surface area (Å²) in [6.07, 6.45) is -11.3. The van der Waals surface area contributed by atoms with Crippen molar-refractivity contribution in [2.24, 2.45) is 0 Å². The first-order chi connectivity index (χ1) is 16.8. The molecule has 3 aliphatic heterocycles. The molecule has 0 aromatic rings. The van der Waals surface area contributed by atoms with E-state index in [1.54, 1.807) is 19.1 Å². The number of rotatable bonds is 6. The van der Waals surface area contributed by atoms with Crippen molar-refractivity contribution in [2.45, 2.75) is 87.0 Å². The van der Waals surface area contributed by atoms with Crippen LogP contribution in [0.5, 0.6) is 0 Å². The van der Waals surface area contributed by atoms with E-state index in [1.165, 1.54) is 0 Å². The van der Waals surface area contributed by atoms with E-state index in [4.69, 9.17) is 23.7 Å². The summed E-state index contributed by atoms with van der Waals surface area (Å²) < 4.78 is 28.3. The minimum Gasteiger partial charge on any atom is -0.394 e. The standard InChI is InChI=1S/C23H32O12/c1-2-3-4-5-6-8-23(9-7-10-31-23)35-22-20(18(29)16(27)14(12-25)33-22)34-21-19(30)17(28)15(26)13(11-24)32-21/h2-3,13-22,24-30H,7,9-12H2,1H3/b3-2-/t13-,14-,15-,16-,17+,18+,19-,20-,21+,22+,23-/m1/s1. The molecule has 0 spiro atoms. The lowest BCUT2D eigenvalue weighted by Crippen LogP contribution is -2.65. The Bertz CT molecular complexity index is 833. The summed E-state index contributed by atoms with van der Waals surface area (Å²) in [4.78, 5) is 0. The van der Waals surface area contributed by atoms with E-state index in [-0.39, 0.29) is 0 Å². The van der Waals surface area contributed by atoms with Crippen LogP contribution in [-0.4, -0.2) is 123 Å². The molecule has 3 rings (SSSR count). The van der Waals surface area contributed by atoms with Gasteiger partial charge in [0.2, 0.25) is 5.79 Å². The van der Waals surface area contributed by atoms with E-state index >= 15 is 0 Å². The zero-order valence-electron chi connectivity index (χ0n) is 19.1. The summed E-state index contributed by atoms with van der Waals surface area (Å²) in [6.45, 7) is 0.778. The van der Waals surface area contributed by atoms with Gasteiger partial charge in [0.25, 0.3) is 0 Å². The van der Waals surface area contributed by atoms with Crippen LogP contribution in [0.1, 0.15) is 19.8 Å². The molecule has 0 amide bonds. The van der Waals surface area contributed by atoms with E-state index in [9.17, 15) is 35.7 Å². The smallest absolute Gasteiger partial charge is 0.236 e. The van der Waals surface area contributed by atoms with Crippen molar-refractivity contribution in [3.63, 3.8) is 0 Å². The highest BCUT2D eigenvalue weighted by molar-refractivity contribution is 5.32. The van der Waals surface area contributed by atoms with Gasteiger partial charge in [-0.1, -0.05) is 12.0 Å². The van der Waals surface area contributed by atoms with Gasteiger partial charge in [-0.2, -0.15) is 0 Å². The van der Waals surface area contributed by atoms with Gasteiger partial charge in [-0.05, 0) is 37.2 Å². The third-order valence-corrected chi connectivity index (χ3v) is 5.89. The van der Waals surface area contributed by atoms with Gasteiger partial charge in [-0.15, -0.1) is 0 Å². The molecule has 7 N–H and O–H groups in total. The van der Waals surface area contributed by atoms with E-state index < -0.39 is 80.4 Å². The first kappa shape index (κ1) is 28.0. The summed E-state index contributed by atoms with van der Waals surface area (Å²) >= 11 is 0. The van der Waals surface area contributed by atoms with E-state index in [0.717, 1.165) is 0 Å². The van der Waals surface area contributed by atoms with Crippen LogP contribution in [0, 0.1) is 23.7 Å². The second-order valence-corrected chi connectivity index (χ2v) is 8.35. The van der Waals surface area contributed by atoms with Gasteiger partial charge < -0.3 is 59.4 Å². The molecule has 0 radical (unpaired) electrons. The van der Waals surface area contributed by atoms with Crippen molar-refractivity contribution in [2.75, 3.05) is 19.8 Å². The van der Waals surface area contributed by atoms with Crippen LogP contribution in [0.15, 0.2) is 12.2 Å². The average Bonchev–Trinajstić information content (AvgIpc) is 3.31. The minimum absolute atomic E-state index is 0.316. The highest BCUT2D eigenvalue weighted by Gasteiger charge is 2.53. The summed E-state index contributed by atoms with van der Waals surface area (Å²) in [5.41, 5.74) is 0. The van der Waals surface area contributed by atoms with Crippen molar-refractivity contribution in [3.05, 3.63) is 12.2 Å². The first-order valence-electron chi connectivity index (χ1n) is 11.3. The van der Waals surface area contributed by atoms with Crippen molar-refractivity contribution < 1.29 is 59.4 Å². The molecule has 11 atom stereocenters. The fraction of sp³-hybridized carbons (Fsp3) is 0.739. The lowest BCUT2D eigenvalue weighted by molar-refractivity contribution is -0.388. The Morgan fingerprint density at radius 3 is 2.14 bits per heavy atom. The van der Waals surface area contributed by atoms with E-state index in [2.05, 4.69) is 23.7 Å². The largest absolute Gasteiger partial charge is 0.394 e. The second-order valence-electron chi connectivity index (χ2n) is 8.35. The maximum Gasteiger partial charge on any atom is 0.236 e. The molecule has 0 unspecified atom stereocenters. The number of hydrogen-bond acceptors (Lipinski definition) is 12. The normalized spacial score (nSPS) is 43.9. The van der Waals surface area contributed by atoms with Gasteiger partial charge in [-0.25, -0.2) is 0 Å². The monoisotopic (exact) mass is 500 g/mol. The summed E-state index contributed by atoms with van der Waals surface area (Å²) in [5, 5.41) is 70.5. The lowest BCUT2D eigenvalue weighted by atomic mass is 9.97. The average molecular weight is 500 g/mol. The molecular weight excluding hydrogens is 468 g/mol. The van der Waals surface area contributed by atoms with Gasteiger partial charge in [0.05, 0.1) is 19.8 Å². The molecule has 3 aliphatic rings. The maximum atomic E-state index is 10.7. The van der Waals surface area contributed by atoms with Crippen LogP contribution < -0.4 is 0 Å². The van der Waals surface area contributed by atoms with Crippen LogP contribution in [0.25, 0.3) is 0 Å². The highest BCUT2D eigenvalue weighted by Crippen LogP contribution is 2.35. The molecule has 0 aromatic carbocycles. The van der Waals surface area contributed by atoms with Crippen LogP contribution in [-0.2, 0) is 23.7 Å². The Balaban J connectivity index is 1.86. The predicted octanol–water partition coefficient (Wildman–Crippen LogP) is -3.28. The molecule has 12 nitrogen and oxygen atoms in total. The SMILES string of the molecule is C/C=C\C#CC#C[C@@]1(O[C@@H]2O[C@H](CO)[C@@H](O)[C@H](O)[C@H]2O[C@@H]2O[C@H](CO)[C@@H](O)[C@H](O)[C@H]2O)CCCO1. The number of aliphatic hydroxyl groups is 7. The molecule has 0 aliphatic carbocycles. The molecule has 3 fully saturated rings. The van der Waals surface area contributed by atoms with Crippen molar-refractivity contribution >= 4 is 0 Å². The molecule has 0 bridgehead atoms. The van der Waals surface area contributed by atoms with Crippen LogP contribution in [0.3, 0.4) is 0 Å². The predicted molar refractivity (Wildman–Crippen MR) is 116 cm³/mol. The second kappa shape index (κ2) is 12.6. The fourth-order valence-electron chi connectivity index (χ4n) is 3.94. The van der Waals surface area contributed by atoms with E-state index in [0.29, 0.717) is 19.4 Å². The highest BCUT2D eigenvalue weighted by atomic mass is 16.8. The van der Waals surface area contributed by atoms with Crippen molar-refractivity contribution in [1.29, 1.82) is 0 Å². The Morgan fingerprint density at radius 2 is 1.54 bits per heavy atom. The topological polar surface area (TPSA) is 188 Å². The lowest BCUT2D eigenvalue weighted by Gasteiger charge is -2.46. The van der Waals surface area contributed by atoms with Gasteiger partial charge >= 0.3 is 0 Å². The molecule has 12 heteroatoms. The fourth-order valence-corrected chi connectivity index (χ4v) is 3.94. The third kappa shape index (κ3) is 6.39. The van der Waals surface area contributed by atoms with Crippen molar-refractivity contribution in [3.8, 4) is 23.7 Å². The summed E-state index contributed by atoms with van der Waals surface area (Å²) in [6, 6.07) is 0. The number of hydrogen-bond donors (Lipinski definition) is 7. The van der Waals surface area contributed by atoms with Crippen LogP contribution in [0.2, 0.25) is 0 Å². The molecule has 196 valence electrons. The summed E-state index contributed by atoms with van der Waals surface area (Å²) in [5.74, 6) is 9.28. The van der Waals surface area contributed by atoms with Gasteiger partial charge in [-0.3, -0.25) is 0 Å². The number of allylic oxidation sites excluding steroid dienone is 2. The summed E-state index contributed by atoms with van der Waals surface area (Å²) in [7, 11) is 0. The zero-order chi connectivity index (χ0) is 25.6. The van der Waals surface area contributed by atoms with Crippen LogP contribution in [0.4, 0.5) is 0 Å².